The largest absolute Gasteiger partial charge is 0.465 e. The van der Waals surface area contributed by atoms with Crippen LogP contribution >= 0.6 is 23.4 Å². The lowest BCUT2D eigenvalue weighted by Crippen LogP contribution is -2.17. The first-order valence-electron chi connectivity index (χ1n) is 6.81. The summed E-state index contributed by atoms with van der Waals surface area (Å²) in [5.74, 6) is -0.491. The third-order valence-electron chi connectivity index (χ3n) is 2.85. The van der Waals surface area contributed by atoms with Crippen molar-refractivity contribution in [2.24, 2.45) is 0 Å². The van der Waals surface area contributed by atoms with Crippen LogP contribution in [0.25, 0.3) is 0 Å². The summed E-state index contributed by atoms with van der Waals surface area (Å²) < 4.78 is 4.70. The second kappa shape index (κ2) is 8.47. The molecule has 1 amide bonds. The number of esters is 1. The highest BCUT2D eigenvalue weighted by Crippen LogP contribution is 2.21. The van der Waals surface area contributed by atoms with E-state index < -0.39 is 11.9 Å². The van der Waals surface area contributed by atoms with Crippen molar-refractivity contribution in [3.05, 3.63) is 59.4 Å². The van der Waals surface area contributed by atoms with E-state index in [4.69, 9.17) is 16.3 Å². The fourth-order valence-electron chi connectivity index (χ4n) is 1.77. The van der Waals surface area contributed by atoms with Crippen LogP contribution in [0, 0.1) is 0 Å². The average molecular weight is 364 g/mol. The van der Waals surface area contributed by atoms with Crippen LogP contribution in [0.4, 0.5) is 5.69 Å². The van der Waals surface area contributed by atoms with Gasteiger partial charge in [-0.05, 0) is 12.1 Å². The third-order valence-corrected chi connectivity index (χ3v) is 3.98. The Morgan fingerprint density at radius 1 is 1.42 bits per heavy atom. The van der Waals surface area contributed by atoms with Gasteiger partial charge in [0.25, 0.3) is 5.91 Å². The average Bonchev–Trinajstić information content (AvgIpc) is 2.60. The van der Waals surface area contributed by atoms with Crippen LogP contribution in [-0.2, 0) is 4.74 Å². The van der Waals surface area contributed by atoms with Gasteiger partial charge in [-0.2, -0.15) is 0 Å². The van der Waals surface area contributed by atoms with Gasteiger partial charge in [-0.1, -0.05) is 41.6 Å². The van der Waals surface area contributed by atoms with E-state index in [1.165, 1.54) is 25.1 Å². The van der Waals surface area contributed by atoms with Crippen LogP contribution in [0.1, 0.15) is 20.8 Å². The lowest BCUT2D eigenvalue weighted by Gasteiger charge is -2.10. The number of aromatic nitrogens is 2. The highest BCUT2D eigenvalue weighted by atomic mass is 35.5. The predicted molar refractivity (Wildman–Crippen MR) is 93.7 cm³/mol. The summed E-state index contributed by atoms with van der Waals surface area (Å²) in [7, 11) is 1.27. The SMILES string of the molecule is C=CCSc1ncc(Cl)c(C(=O)Nc2ccccc2C(=O)OC)n1. The molecule has 0 radical (unpaired) electrons. The van der Waals surface area contributed by atoms with Gasteiger partial charge in [0, 0.05) is 5.75 Å². The Hall–Kier alpha value is -2.38. The Labute approximate surface area is 148 Å². The molecule has 0 saturated heterocycles. The number of hydrogen-bond donors (Lipinski definition) is 1. The molecule has 0 bridgehead atoms. The van der Waals surface area contributed by atoms with Crippen LogP contribution in [0.2, 0.25) is 5.02 Å². The topological polar surface area (TPSA) is 81.2 Å². The maximum Gasteiger partial charge on any atom is 0.339 e. The van der Waals surface area contributed by atoms with Gasteiger partial charge < -0.3 is 10.1 Å². The first kappa shape index (κ1) is 18.0. The van der Waals surface area contributed by atoms with Gasteiger partial charge in [0.1, 0.15) is 0 Å². The van der Waals surface area contributed by atoms with Gasteiger partial charge in [0.05, 0.1) is 29.6 Å². The van der Waals surface area contributed by atoms with Gasteiger partial charge in [-0.15, -0.1) is 6.58 Å². The quantitative estimate of drug-likeness (QED) is 0.366. The van der Waals surface area contributed by atoms with Crippen LogP contribution in [0.5, 0.6) is 0 Å². The molecule has 8 heteroatoms. The Balaban J connectivity index is 2.27. The maximum atomic E-state index is 12.5. The molecule has 2 aromatic rings. The number of methoxy groups -OCH3 is 1. The number of rotatable bonds is 6. The van der Waals surface area contributed by atoms with Crippen molar-refractivity contribution >= 4 is 40.9 Å². The number of hydrogen-bond acceptors (Lipinski definition) is 6. The van der Waals surface area contributed by atoms with E-state index in [1.807, 2.05) is 0 Å². The summed E-state index contributed by atoms with van der Waals surface area (Å²) in [5, 5.41) is 3.15. The van der Waals surface area contributed by atoms with Crippen molar-refractivity contribution in [1.82, 2.24) is 9.97 Å². The molecule has 6 nitrogen and oxygen atoms in total. The van der Waals surface area contributed by atoms with Crippen molar-refractivity contribution < 1.29 is 14.3 Å². The number of para-hydroxylation sites is 1. The van der Waals surface area contributed by atoms with E-state index in [9.17, 15) is 9.59 Å². The van der Waals surface area contributed by atoms with Crippen molar-refractivity contribution in [3.63, 3.8) is 0 Å². The lowest BCUT2D eigenvalue weighted by atomic mass is 10.1. The maximum absolute atomic E-state index is 12.5. The second-order valence-corrected chi connectivity index (χ2v) is 5.83. The number of thioether (sulfide) groups is 1. The Kier molecular flexibility index (Phi) is 6.34. The standard InChI is InChI=1S/C16H14ClN3O3S/c1-3-8-24-16-18-9-11(17)13(20-16)14(21)19-12-7-5-4-6-10(12)15(22)23-2/h3-7,9H,1,8H2,2H3,(H,19,21). The predicted octanol–water partition coefficient (Wildman–Crippen LogP) is 3.45. The fourth-order valence-corrected chi connectivity index (χ4v) is 2.50. The number of amides is 1. The monoisotopic (exact) mass is 363 g/mol. The molecule has 0 spiro atoms. The molecule has 24 heavy (non-hydrogen) atoms. The van der Waals surface area contributed by atoms with Crippen molar-refractivity contribution in [3.8, 4) is 0 Å². The zero-order valence-electron chi connectivity index (χ0n) is 12.8. The molecule has 1 aromatic carbocycles. The molecule has 0 aliphatic rings. The number of halogens is 1. The van der Waals surface area contributed by atoms with Gasteiger partial charge in [0.15, 0.2) is 10.9 Å². The Morgan fingerprint density at radius 3 is 2.88 bits per heavy atom. The number of carbonyl (C=O) groups excluding carboxylic acids is 2. The Morgan fingerprint density at radius 2 is 2.17 bits per heavy atom. The summed E-state index contributed by atoms with van der Waals surface area (Å²) in [4.78, 5) is 32.4. The molecule has 1 heterocycles. The third kappa shape index (κ3) is 4.33. The number of benzene rings is 1. The van der Waals surface area contributed by atoms with Gasteiger partial charge >= 0.3 is 5.97 Å². The van der Waals surface area contributed by atoms with Crippen molar-refractivity contribution in [2.75, 3.05) is 18.2 Å². The molecule has 0 fully saturated rings. The van der Waals surface area contributed by atoms with E-state index >= 15 is 0 Å². The van der Waals surface area contributed by atoms with E-state index in [1.54, 1.807) is 30.3 Å². The summed E-state index contributed by atoms with van der Waals surface area (Å²) in [6.45, 7) is 3.62. The van der Waals surface area contributed by atoms with Crippen LogP contribution in [-0.4, -0.2) is 34.7 Å². The first-order chi connectivity index (χ1) is 11.6. The molecule has 2 rings (SSSR count). The van der Waals surface area contributed by atoms with Crippen molar-refractivity contribution in [2.45, 2.75) is 5.16 Å². The van der Waals surface area contributed by atoms with Gasteiger partial charge in [0.2, 0.25) is 0 Å². The van der Waals surface area contributed by atoms with Gasteiger partial charge in [-0.3, -0.25) is 4.79 Å². The summed E-state index contributed by atoms with van der Waals surface area (Å²) in [6.07, 6.45) is 3.07. The molecule has 1 aromatic heterocycles. The zero-order valence-corrected chi connectivity index (χ0v) is 14.4. The Bertz CT molecular complexity index is 783. The molecule has 0 unspecified atom stereocenters. The van der Waals surface area contributed by atoms with E-state index in [0.29, 0.717) is 16.6 Å². The minimum Gasteiger partial charge on any atom is -0.465 e. The molecule has 1 N–H and O–H groups in total. The molecular formula is C16H14ClN3O3S. The number of carbonyl (C=O) groups is 2. The zero-order chi connectivity index (χ0) is 17.5. The molecular weight excluding hydrogens is 350 g/mol. The lowest BCUT2D eigenvalue weighted by molar-refractivity contribution is 0.0602. The van der Waals surface area contributed by atoms with Crippen molar-refractivity contribution in [1.29, 1.82) is 0 Å². The van der Waals surface area contributed by atoms with Crippen LogP contribution < -0.4 is 5.32 Å². The minimum atomic E-state index is -0.554. The summed E-state index contributed by atoms with van der Waals surface area (Å²) in [5.41, 5.74) is 0.571. The number of anilines is 1. The molecule has 0 aliphatic heterocycles. The number of nitrogens with one attached hydrogen (secondary N) is 1. The smallest absolute Gasteiger partial charge is 0.339 e. The summed E-state index contributed by atoms with van der Waals surface area (Å²) >= 11 is 7.34. The van der Waals surface area contributed by atoms with E-state index in [2.05, 4.69) is 21.9 Å². The number of nitrogens with zero attached hydrogens (tertiary/aromatic N) is 2. The normalized spacial score (nSPS) is 10.1. The summed E-state index contributed by atoms with van der Waals surface area (Å²) in [6, 6.07) is 6.50. The highest BCUT2D eigenvalue weighted by Gasteiger charge is 2.18. The second-order valence-electron chi connectivity index (χ2n) is 4.44. The van der Waals surface area contributed by atoms with Crippen LogP contribution in [0.15, 0.2) is 48.3 Å². The van der Waals surface area contributed by atoms with E-state index in [-0.39, 0.29) is 16.3 Å². The number of ether oxygens (including phenoxy) is 1. The first-order valence-corrected chi connectivity index (χ1v) is 8.18. The van der Waals surface area contributed by atoms with E-state index in [0.717, 1.165) is 0 Å². The molecule has 0 saturated carbocycles. The molecule has 0 aliphatic carbocycles. The fraction of sp³-hybridized carbons (Fsp3) is 0.125. The molecule has 0 atom stereocenters. The van der Waals surface area contributed by atoms with Gasteiger partial charge in [-0.25, -0.2) is 14.8 Å². The highest BCUT2D eigenvalue weighted by molar-refractivity contribution is 7.99. The minimum absolute atomic E-state index is 0.0258. The molecule has 124 valence electrons. The van der Waals surface area contributed by atoms with Crippen LogP contribution in [0.3, 0.4) is 0 Å².